The molecule has 0 bridgehead atoms. The molecule has 7 nitrogen and oxygen atoms in total. The number of nitriles is 2. The van der Waals surface area contributed by atoms with Gasteiger partial charge in [-0.2, -0.15) is 10.5 Å². The first kappa shape index (κ1) is 22.3. The molecule has 1 aliphatic heterocycles. The van der Waals surface area contributed by atoms with Crippen LogP contribution < -0.4 is 10.6 Å². The lowest BCUT2D eigenvalue weighted by Crippen LogP contribution is -2.49. The SMILES string of the molecule is Cc1nccn1-c1cc(-c2ccc(C[C@@H](C#N)NC(=O)[C@@H]3CCCCN3)cc2)ccc1C#N. The van der Waals surface area contributed by atoms with Crippen molar-refractivity contribution in [3.63, 3.8) is 0 Å². The van der Waals surface area contributed by atoms with Crippen LogP contribution in [-0.4, -0.2) is 34.1 Å². The lowest BCUT2D eigenvalue weighted by atomic mass is 9.99. The van der Waals surface area contributed by atoms with Crippen LogP contribution in [0.1, 0.15) is 36.2 Å². The minimum absolute atomic E-state index is 0.0993. The molecule has 2 N–H and O–H groups in total. The lowest BCUT2D eigenvalue weighted by Gasteiger charge is -2.23. The van der Waals surface area contributed by atoms with E-state index in [1.54, 1.807) is 6.20 Å². The molecule has 0 aliphatic carbocycles. The molecule has 1 aliphatic rings. The van der Waals surface area contributed by atoms with Crippen LogP contribution in [0, 0.1) is 29.6 Å². The van der Waals surface area contributed by atoms with Crippen molar-refractivity contribution in [3.05, 3.63) is 71.8 Å². The Balaban J connectivity index is 1.48. The maximum absolute atomic E-state index is 12.4. The summed E-state index contributed by atoms with van der Waals surface area (Å²) in [4.78, 5) is 16.7. The molecule has 1 saturated heterocycles. The Kier molecular flexibility index (Phi) is 6.83. The predicted molar refractivity (Wildman–Crippen MR) is 125 cm³/mol. The second kappa shape index (κ2) is 10.1. The molecule has 0 saturated carbocycles. The van der Waals surface area contributed by atoms with Crippen LogP contribution in [0.4, 0.5) is 0 Å². The predicted octanol–water partition coefficient (Wildman–Crippen LogP) is 3.41. The third kappa shape index (κ3) is 5.11. The number of benzene rings is 2. The molecular formula is C26H26N6O. The fraction of sp³-hybridized carbons (Fsp3) is 0.308. The molecule has 1 amide bonds. The summed E-state index contributed by atoms with van der Waals surface area (Å²) in [6, 6.07) is 17.4. The van der Waals surface area contributed by atoms with Crippen molar-refractivity contribution in [2.45, 2.75) is 44.7 Å². The summed E-state index contributed by atoms with van der Waals surface area (Å²) >= 11 is 0. The number of carbonyl (C=O) groups excluding carboxylic acids is 1. The number of imidazole rings is 1. The minimum Gasteiger partial charge on any atom is -0.339 e. The van der Waals surface area contributed by atoms with Gasteiger partial charge in [0.05, 0.1) is 23.4 Å². The maximum atomic E-state index is 12.4. The third-order valence-electron chi connectivity index (χ3n) is 6.03. The van der Waals surface area contributed by atoms with E-state index in [4.69, 9.17) is 0 Å². The number of nitrogens with one attached hydrogen (secondary N) is 2. The summed E-state index contributed by atoms with van der Waals surface area (Å²) in [6.45, 7) is 2.74. The average Bonchev–Trinajstić information content (AvgIpc) is 3.29. The van der Waals surface area contributed by atoms with Crippen molar-refractivity contribution < 1.29 is 4.79 Å². The molecule has 7 heteroatoms. The number of aryl methyl sites for hydroxylation is 1. The van der Waals surface area contributed by atoms with Gasteiger partial charge in [-0.1, -0.05) is 36.8 Å². The van der Waals surface area contributed by atoms with Crippen LogP contribution in [0.2, 0.25) is 0 Å². The smallest absolute Gasteiger partial charge is 0.238 e. The number of nitrogens with zero attached hydrogens (tertiary/aromatic N) is 4. The van der Waals surface area contributed by atoms with Gasteiger partial charge in [-0.25, -0.2) is 4.98 Å². The van der Waals surface area contributed by atoms with E-state index in [0.717, 1.165) is 54.0 Å². The van der Waals surface area contributed by atoms with Gasteiger partial charge in [0.1, 0.15) is 17.9 Å². The van der Waals surface area contributed by atoms with Crippen LogP contribution in [0.15, 0.2) is 54.9 Å². The molecule has 0 unspecified atom stereocenters. The van der Waals surface area contributed by atoms with Crippen molar-refractivity contribution in [3.8, 4) is 29.0 Å². The van der Waals surface area contributed by atoms with Gasteiger partial charge in [-0.05, 0) is 55.1 Å². The number of amides is 1. The standard InChI is InChI=1S/C26H26N6O/c1-18-29-12-13-32(18)25-15-21(9-10-22(25)16-27)20-7-5-19(6-8-20)14-23(17-28)31-26(33)24-4-2-3-11-30-24/h5-10,12-13,15,23-24,30H,2-4,11,14H2,1H3,(H,31,33)/t23-,24-/m0/s1. The zero-order valence-corrected chi connectivity index (χ0v) is 18.6. The number of piperidine rings is 1. The van der Waals surface area contributed by atoms with Gasteiger partial charge in [0, 0.05) is 18.8 Å². The average molecular weight is 439 g/mol. The number of aromatic nitrogens is 2. The van der Waals surface area contributed by atoms with Gasteiger partial charge >= 0.3 is 0 Å². The lowest BCUT2D eigenvalue weighted by molar-refractivity contribution is -0.124. The second-order valence-corrected chi connectivity index (χ2v) is 8.28. The highest BCUT2D eigenvalue weighted by Gasteiger charge is 2.23. The highest BCUT2D eigenvalue weighted by Crippen LogP contribution is 2.26. The first-order valence-electron chi connectivity index (χ1n) is 11.2. The Labute approximate surface area is 193 Å². The Morgan fingerprint density at radius 2 is 2.00 bits per heavy atom. The summed E-state index contributed by atoms with van der Waals surface area (Å²) in [5.41, 5.74) is 4.33. The van der Waals surface area contributed by atoms with Crippen molar-refractivity contribution in [2.24, 2.45) is 0 Å². The van der Waals surface area contributed by atoms with E-state index in [1.165, 1.54) is 0 Å². The third-order valence-corrected chi connectivity index (χ3v) is 6.03. The first-order chi connectivity index (χ1) is 16.1. The molecule has 2 atom stereocenters. The van der Waals surface area contributed by atoms with Crippen LogP contribution in [0.25, 0.3) is 16.8 Å². The van der Waals surface area contributed by atoms with Crippen LogP contribution in [0.5, 0.6) is 0 Å². The topological polar surface area (TPSA) is 107 Å². The Morgan fingerprint density at radius 1 is 1.21 bits per heavy atom. The molecule has 4 rings (SSSR count). The van der Waals surface area contributed by atoms with E-state index in [2.05, 4.69) is 27.8 Å². The van der Waals surface area contributed by atoms with Crippen molar-refractivity contribution >= 4 is 5.91 Å². The number of hydrogen-bond donors (Lipinski definition) is 2. The summed E-state index contributed by atoms with van der Waals surface area (Å²) in [5.74, 6) is 0.713. The second-order valence-electron chi connectivity index (χ2n) is 8.28. The molecule has 2 aromatic carbocycles. The molecule has 33 heavy (non-hydrogen) atoms. The van der Waals surface area contributed by atoms with Crippen LogP contribution in [0.3, 0.4) is 0 Å². The van der Waals surface area contributed by atoms with Gasteiger partial charge in [0.25, 0.3) is 0 Å². The quantitative estimate of drug-likeness (QED) is 0.613. The van der Waals surface area contributed by atoms with Crippen LogP contribution in [-0.2, 0) is 11.2 Å². The van der Waals surface area contributed by atoms with E-state index in [9.17, 15) is 15.3 Å². The van der Waals surface area contributed by atoms with Gasteiger partial charge < -0.3 is 15.2 Å². The highest BCUT2D eigenvalue weighted by atomic mass is 16.2. The van der Waals surface area contributed by atoms with E-state index in [0.29, 0.717) is 12.0 Å². The molecule has 0 spiro atoms. The molecule has 166 valence electrons. The van der Waals surface area contributed by atoms with E-state index in [-0.39, 0.29) is 11.9 Å². The first-order valence-corrected chi connectivity index (χ1v) is 11.2. The normalized spacial score (nSPS) is 16.4. The number of carbonyl (C=O) groups is 1. The summed E-state index contributed by atoms with van der Waals surface area (Å²) in [7, 11) is 0. The highest BCUT2D eigenvalue weighted by molar-refractivity contribution is 5.82. The molecular weight excluding hydrogens is 412 g/mol. The molecule has 1 aromatic heterocycles. The molecule has 0 radical (unpaired) electrons. The molecule has 2 heterocycles. The molecule has 1 fully saturated rings. The Hall–Kier alpha value is -3.94. The Bertz CT molecular complexity index is 1210. The van der Waals surface area contributed by atoms with Crippen molar-refractivity contribution in [1.29, 1.82) is 10.5 Å². The fourth-order valence-corrected chi connectivity index (χ4v) is 4.18. The van der Waals surface area contributed by atoms with Crippen molar-refractivity contribution in [2.75, 3.05) is 6.54 Å². The largest absolute Gasteiger partial charge is 0.339 e. The van der Waals surface area contributed by atoms with Gasteiger partial charge in [-0.15, -0.1) is 0 Å². The monoisotopic (exact) mass is 438 g/mol. The Morgan fingerprint density at radius 3 is 2.64 bits per heavy atom. The maximum Gasteiger partial charge on any atom is 0.238 e. The van der Waals surface area contributed by atoms with E-state index in [1.807, 2.05) is 60.2 Å². The summed E-state index contributed by atoms with van der Waals surface area (Å²) < 4.78 is 1.90. The van der Waals surface area contributed by atoms with Gasteiger partial charge in [-0.3, -0.25) is 4.79 Å². The molecule has 3 aromatic rings. The van der Waals surface area contributed by atoms with Gasteiger partial charge in [0.2, 0.25) is 5.91 Å². The zero-order chi connectivity index (χ0) is 23.2. The minimum atomic E-state index is -0.571. The fourth-order valence-electron chi connectivity index (χ4n) is 4.18. The zero-order valence-electron chi connectivity index (χ0n) is 18.6. The summed E-state index contributed by atoms with van der Waals surface area (Å²) in [5, 5.41) is 25.1. The number of hydrogen-bond acceptors (Lipinski definition) is 5. The summed E-state index contributed by atoms with van der Waals surface area (Å²) in [6.07, 6.45) is 6.93. The van der Waals surface area contributed by atoms with E-state index >= 15 is 0 Å². The van der Waals surface area contributed by atoms with Crippen molar-refractivity contribution in [1.82, 2.24) is 20.2 Å². The van der Waals surface area contributed by atoms with Gasteiger partial charge in [0.15, 0.2) is 0 Å². The van der Waals surface area contributed by atoms with Crippen LogP contribution >= 0.6 is 0 Å². The van der Waals surface area contributed by atoms with E-state index < -0.39 is 6.04 Å². The number of rotatable bonds is 6.